The van der Waals surface area contributed by atoms with Crippen LogP contribution in [0.25, 0.3) is 0 Å². The Kier molecular flexibility index (Phi) is 4.64. The number of aryl methyl sites for hydroxylation is 1. The second kappa shape index (κ2) is 5.56. The van der Waals surface area contributed by atoms with Gasteiger partial charge in [0, 0.05) is 32.5 Å². The Hall–Kier alpha value is -0.720. The van der Waals surface area contributed by atoms with Crippen LogP contribution in [0, 0.1) is 0 Å². The summed E-state index contributed by atoms with van der Waals surface area (Å²) < 4.78 is 2.02. The van der Waals surface area contributed by atoms with E-state index in [4.69, 9.17) is 5.73 Å². The van der Waals surface area contributed by atoms with Gasteiger partial charge in [0.05, 0.1) is 6.54 Å². The van der Waals surface area contributed by atoms with Crippen LogP contribution in [0.5, 0.6) is 0 Å². The van der Waals surface area contributed by atoms with Crippen LogP contribution >= 0.6 is 24.0 Å². The third-order valence-corrected chi connectivity index (χ3v) is 2.77. The molecule has 1 heterocycles. The molecule has 90 valence electrons. The molecule has 0 aliphatic heterocycles. The minimum Gasteiger partial charge on any atom is -0.370 e. The van der Waals surface area contributed by atoms with E-state index in [1.165, 1.54) is 18.4 Å². The fraction of sp³-hybridized carbons (Fsp3) is 0.545. The van der Waals surface area contributed by atoms with Crippen LogP contribution < -0.4 is 5.73 Å². The van der Waals surface area contributed by atoms with Gasteiger partial charge in [0.25, 0.3) is 0 Å². The highest BCUT2D eigenvalue weighted by molar-refractivity contribution is 14.0. The quantitative estimate of drug-likeness (QED) is 0.518. The Morgan fingerprint density at radius 1 is 1.62 bits per heavy atom. The van der Waals surface area contributed by atoms with E-state index < -0.39 is 0 Å². The number of aliphatic imine (C=N–C) groups is 1. The lowest BCUT2D eigenvalue weighted by molar-refractivity contribution is 0.487. The van der Waals surface area contributed by atoms with Gasteiger partial charge in [-0.25, -0.2) is 4.99 Å². The summed E-state index contributed by atoms with van der Waals surface area (Å²) in [5, 5.41) is 0. The molecule has 4 nitrogen and oxygen atoms in total. The maximum atomic E-state index is 5.88. The van der Waals surface area contributed by atoms with Gasteiger partial charge in [0.2, 0.25) is 0 Å². The van der Waals surface area contributed by atoms with Gasteiger partial charge in [-0.1, -0.05) is 0 Å². The molecule has 2 rings (SSSR count). The molecule has 0 atom stereocenters. The SMILES string of the molecule is CN(C(N)=NCc1ccn(C)c1)C1CC1.I. The number of hydrogen-bond donors (Lipinski definition) is 1. The maximum Gasteiger partial charge on any atom is 0.191 e. The summed E-state index contributed by atoms with van der Waals surface area (Å²) in [5.41, 5.74) is 7.08. The molecule has 16 heavy (non-hydrogen) atoms. The molecule has 0 amide bonds. The molecular weight excluding hydrogens is 315 g/mol. The Morgan fingerprint density at radius 2 is 2.31 bits per heavy atom. The normalized spacial score (nSPS) is 15.8. The molecule has 1 saturated carbocycles. The van der Waals surface area contributed by atoms with Gasteiger partial charge >= 0.3 is 0 Å². The van der Waals surface area contributed by atoms with Crippen LogP contribution in [0.4, 0.5) is 0 Å². The fourth-order valence-electron chi connectivity index (χ4n) is 1.59. The number of hydrogen-bond acceptors (Lipinski definition) is 1. The third kappa shape index (κ3) is 3.40. The van der Waals surface area contributed by atoms with Crippen molar-refractivity contribution in [3.8, 4) is 0 Å². The van der Waals surface area contributed by atoms with Crippen LogP contribution in [0.15, 0.2) is 23.5 Å². The van der Waals surface area contributed by atoms with E-state index in [0.717, 1.165) is 0 Å². The smallest absolute Gasteiger partial charge is 0.191 e. The highest BCUT2D eigenvalue weighted by Gasteiger charge is 2.27. The summed E-state index contributed by atoms with van der Waals surface area (Å²) in [6.45, 7) is 0.670. The van der Waals surface area contributed by atoms with Gasteiger partial charge in [-0.3, -0.25) is 0 Å². The summed E-state index contributed by atoms with van der Waals surface area (Å²) in [4.78, 5) is 6.45. The van der Waals surface area contributed by atoms with E-state index in [1.54, 1.807) is 0 Å². The zero-order valence-corrected chi connectivity index (χ0v) is 12.1. The van der Waals surface area contributed by atoms with E-state index in [1.807, 2.05) is 24.9 Å². The van der Waals surface area contributed by atoms with Gasteiger partial charge in [-0.2, -0.15) is 0 Å². The first-order valence-electron chi connectivity index (χ1n) is 5.30. The minimum absolute atomic E-state index is 0. The first-order valence-corrected chi connectivity index (χ1v) is 5.30. The Labute approximate surface area is 114 Å². The third-order valence-electron chi connectivity index (χ3n) is 2.77. The van der Waals surface area contributed by atoms with Crippen molar-refractivity contribution in [2.45, 2.75) is 25.4 Å². The number of nitrogens with zero attached hydrogens (tertiary/aromatic N) is 3. The predicted molar refractivity (Wildman–Crippen MR) is 76.9 cm³/mol. The van der Waals surface area contributed by atoms with Crippen LogP contribution in [0.2, 0.25) is 0 Å². The molecule has 1 aliphatic rings. The topological polar surface area (TPSA) is 46.5 Å². The minimum atomic E-state index is 0. The number of guanidine groups is 1. The van der Waals surface area contributed by atoms with Crippen LogP contribution in [-0.2, 0) is 13.6 Å². The molecule has 5 heteroatoms. The molecule has 1 aliphatic carbocycles. The maximum absolute atomic E-state index is 5.88. The van der Waals surface area contributed by atoms with Crippen LogP contribution in [-0.4, -0.2) is 28.5 Å². The molecular formula is C11H19IN4. The lowest BCUT2D eigenvalue weighted by Gasteiger charge is -2.16. The Bertz CT molecular complexity index is 368. The van der Waals surface area contributed by atoms with E-state index in [0.29, 0.717) is 18.5 Å². The van der Waals surface area contributed by atoms with Gasteiger partial charge in [0.1, 0.15) is 0 Å². The fourth-order valence-corrected chi connectivity index (χ4v) is 1.59. The lowest BCUT2D eigenvalue weighted by atomic mass is 10.3. The summed E-state index contributed by atoms with van der Waals surface area (Å²) in [6, 6.07) is 2.69. The highest BCUT2D eigenvalue weighted by Crippen LogP contribution is 2.24. The van der Waals surface area contributed by atoms with E-state index in [2.05, 4.69) is 22.2 Å². The lowest BCUT2D eigenvalue weighted by Crippen LogP contribution is -2.35. The van der Waals surface area contributed by atoms with Crippen molar-refractivity contribution in [3.63, 3.8) is 0 Å². The largest absolute Gasteiger partial charge is 0.370 e. The Morgan fingerprint density at radius 3 is 2.81 bits per heavy atom. The van der Waals surface area contributed by atoms with Crippen molar-refractivity contribution < 1.29 is 0 Å². The molecule has 0 radical (unpaired) electrons. The molecule has 0 bridgehead atoms. The highest BCUT2D eigenvalue weighted by atomic mass is 127. The molecule has 2 N–H and O–H groups in total. The number of halogens is 1. The monoisotopic (exact) mass is 334 g/mol. The standard InChI is InChI=1S/C11H18N4.HI/c1-14-6-5-9(8-14)7-13-11(12)15(2)10-3-4-10;/h5-6,8,10H,3-4,7H2,1-2H3,(H2,12,13);1H. The average molecular weight is 334 g/mol. The van der Waals surface area contributed by atoms with Crippen molar-refractivity contribution in [1.29, 1.82) is 0 Å². The van der Waals surface area contributed by atoms with Gasteiger partial charge in [-0.05, 0) is 24.5 Å². The molecule has 0 saturated heterocycles. The number of aromatic nitrogens is 1. The van der Waals surface area contributed by atoms with Crippen molar-refractivity contribution in [2.24, 2.45) is 17.8 Å². The zero-order chi connectivity index (χ0) is 10.8. The summed E-state index contributed by atoms with van der Waals surface area (Å²) >= 11 is 0. The predicted octanol–water partition coefficient (Wildman–Crippen LogP) is 1.55. The summed E-state index contributed by atoms with van der Waals surface area (Å²) in [5.74, 6) is 0.654. The van der Waals surface area contributed by atoms with E-state index in [-0.39, 0.29) is 24.0 Å². The molecule has 0 aromatic carbocycles. The Balaban J connectivity index is 0.00000128. The van der Waals surface area contributed by atoms with Gasteiger partial charge in [-0.15, -0.1) is 24.0 Å². The molecule has 1 aromatic heterocycles. The molecule has 1 aromatic rings. The molecule has 1 fully saturated rings. The van der Waals surface area contributed by atoms with Crippen molar-refractivity contribution >= 4 is 29.9 Å². The first-order chi connectivity index (χ1) is 7.16. The molecule has 0 unspecified atom stereocenters. The van der Waals surface area contributed by atoms with Crippen LogP contribution in [0.1, 0.15) is 18.4 Å². The van der Waals surface area contributed by atoms with Crippen molar-refractivity contribution in [2.75, 3.05) is 7.05 Å². The number of rotatable bonds is 3. The molecule has 0 spiro atoms. The van der Waals surface area contributed by atoms with Crippen LogP contribution in [0.3, 0.4) is 0 Å². The second-order valence-electron chi connectivity index (χ2n) is 4.20. The second-order valence-corrected chi connectivity index (χ2v) is 4.20. The first kappa shape index (κ1) is 13.3. The van der Waals surface area contributed by atoms with E-state index >= 15 is 0 Å². The van der Waals surface area contributed by atoms with Gasteiger partial charge in [0.15, 0.2) is 5.96 Å². The summed E-state index contributed by atoms with van der Waals surface area (Å²) in [7, 11) is 4.02. The average Bonchev–Trinajstić information content (AvgIpc) is 2.98. The van der Waals surface area contributed by atoms with Crippen molar-refractivity contribution in [3.05, 3.63) is 24.0 Å². The van der Waals surface area contributed by atoms with E-state index in [9.17, 15) is 0 Å². The summed E-state index contributed by atoms with van der Waals surface area (Å²) in [6.07, 6.45) is 6.58. The van der Waals surface area contributed by atoms with Crippen molar-refractivity contribution in [1.82, 2.24) is 9.47 Å². The zero-order valence-electron chi connectivity index (χ0n) is 9.76. The number of nitrogens with two attached hydrogens (primary N) is 1. The van der Waals surface area contributed by atoms with Gasteiger partial charge < -0.3 is 15.2 Å².